The second kappa shape index (κ2) is 6.67. The van der Waals surface area contributed by atoms with Crippen molar-refractivity contribution < 1.29 is 9.47 Å². The summed E-state index contributed by atoms with van der Waals surface area (Å²) in [5.74, 6) is 2.01. The summed E-state index contributed by atoms with van der Waals surface area (Å²) in [6, 6.07) is 1.53. The minimum atomic E-state index is 0.765. The van der Waals surface area contributed by atoms with Gasteiger partial charge in [0.1, 0.15) is 11.5 Å². The number of aliphatic imine (C=N–C) groups is 2. The van der Waals surface area contributed by atoms with E-state index in [0.717, 1.165) is 88.5 Å². The molecule has 0 amide bonds. The third kappa shape index (κ3) is 2.93. The Morgan fingerprint density at radius 1 is 0.692 bits per heavy atom. The molecule has 0 saturated carbocycles. The number of nitrogens with zero attached hydrogens (tertiary/aromatic N) is 4. The zero-order chi connectivity index (χ0) is 17.3. The molecule has 5 rings (SSSR count). The van der Waals surface area contributed by atoms with Crippen LogP contribution in [0.3, 0.4) is 0 Å². The van der Waals surface area contributed by atoms with E-state index >= 15 is 0 Å². The topological polar surface area (TPSA) is 49.7 Å². The van der Waals surface area contributed by atoms with Gasteiger partial charge in [0.05, 0.1) is 13.1 Å². The third-order valence-electron chi connectivity index (χ3n) is 5.49. The van der Waals surface area contributed by atoms with E-state index in [0.29, 0.717) is 0 Å². The van der Waals surface area contributed by atoms with Crippen LogP contribution in [0.1, 0.15) is 25.7 Å². The van der Waals surface area contributed by atoms with Gasteiger partial charge in [-0.25, -0.2) is 9.98 Å². The van der Waals surface area contributed by atoms with Gasteiger partial charge >= 0.3 is 0 Å². The normalized spacial score (nSPS) is 25.2. The summed E-state index contributed by atoms with van der Waals surface area (Å²) in [6.07, 6.45) is 12.9. The second-order valence-corrected chi connectivity index (χ2v) is 7.19. The van der Waals surface area contributed by atoms with Crippen molar-refractivity contribution in [1.82, 2.24) is 9.80 Å². The molecule has 2 aliphatic carbocycles. The predicted octanol–water partition coefficient (Wildman–Crippen LogP) is 2.58. The largest absolute Gasteiger partial charge is 0.426 e. The SMILES string of the molecule is C1=CC2=C(CC1)CN=C(N1CCN(C3=NCC4=C(C=CCC4)O3)CC1)O2. The zero-order valence-electron chi connectivity index (χ0n) is 15.0. The first-order valence-corrected chi connectivity index (χ1v) is 9.58. The van der Waals surface area contributed by atoms with Crippen LogP contribution >= 0.6 is 0 Å². The van der Waals surface area contributed by atoms with Crippen LogP contribution < -0.4 is 0 Å². The molecule has 136 valence electrons. The highest BCUT2D eigenvalue weighted by Gasteiger charge is 2.28. The molecule has 1 saturated heterocycles. The monoisotopic (exact) mass is 352 g/mol. The fourth-order valence-corrected chi connectivity index (χ4v) is 3.91. The van der Waals surface area contributed by atoms with Crippen molar-refractivity contribution in [2.75, 3.05) is 39.3 Å². The molecule has 0 bridgehead atoms. The van der Waals surface area contributed by atoms with Crippen LogP contribution in [0.15, 0.2) is 57.0 Å². The minimum Gasteiger partial charge on any atom is -0.426 e. The Kier molecular flexibility index (Phi) is 4.03. The summed E-state index contributed by atoms with van der Waals surface area (Å²) in [6.45, 7) is 5.03. The maximum atomic E-state index is 6.05. The Balaban J connectivity index is 1.18. The smallest absolute Gasteiger partial charge is 0.293 e. The Hall–Kier alpha value is -2.50. The van der Waals surface area contributed by atoms with Gasteiger partial charge in [0.15, 0.2) is 0 Å². The summed E-state index contributed by atoms with van der Waals surface area (Å²) in [7, 11) is 0. The number of allylic oxidation sites excluding steroid dienone is 4. The number of ether oxygens (including phenoxy) is 2. The van der Waals surface area contributed by atoms with Gasteiger partial charge in [-0.05, 0) is 49.0 Å². The lowest BCUT2D eigenvalue weighted by Gasteiger charge is -2.38. The molecular formula is C20H24N4O2. The van der Waals surface area contributed by atoms with E-state index in [-0.39, 0.29) is 0 Å². The number of piperazine rings is 1. The van der Waals surface area contributed by atoms with E-state index in [2.05, 4.69) is 44.1 Å². The molecule has 0 unspecified atom stereocenters. The number of amidine groups is 2. The molecule has 0 spiro atoms. The standard InChI is InChI=1S/C20H24N4O2/c1-3-7-17-15(5-1)13-21-19(25-17)23-9-11-24(12-10-23)20-22-14-16-6-2-4-8-18(16)26-20/h3-4,7-8H,1-2,5-6,9-14H2. The molecule has 26 heavy (non-hydrogen) atoms. The summed E-state index contributed by atoms with van der Waals surface area (Å²) < 4.78 is 12.1. The maximum absolute atomic E-state index is 6.05. The van der Waals surface area contributed by atoms with Gasteiger partial charge in [-0.15, -0.1) is 0 Å². The van der Waals surface area contributed by atoms with Gasteiger partial charge in [-0.1, -0.05) is 12.2 Å². The summed E-state index contributed by atoms with van der Waals surface area (Å²) in [5.41, 5.74) is 2.65. The molecule has 0 atom stereocenters. The first-order valence-electron chi connectivity index (χ1n) is 9.58. The zero-order valence-corrected chi connectivity index (χ0v) is 15.0. The molecule has 5 aliphatic rings. The lowest BCUT2D eigenvalue weighted by molar-refractivity contribution is 0.185. The molecule has 0 aromatic heterocycles. The highest BCUT2D eigenvalue weighted by molar-refractivity contribution is 5.79. The molecule has 0 aromatic carbocycles. The van der Waals surface area contributed by atoms with Crippen molar-refractivity contribution in [2.24, 2.45) is 9.98 Å². The van der Waals surface area contributed by atoms with Crippen LogP contribution in [0, 0.1) is 0 Å². The molecule has 0 radical (unpaired) electrons. The van der Waals surface area contributed by atoms with Crippen LogP contribution in [0.2, 0.25) is 0 Å². The van der Waals surface area contributed by atoms with E-state index in [1.54, 1.807) is 0 Å². The Morgan fingerprint density at radius 3 is 1.62 bits per heavy atom. The molecule has 0 N–H and O–H groups in total. The molecule has 1 fully saturated rings. The summed E-state index contributed by atoms with van der Waals surface area (Å²) in [5, 5.41) is 0. The van der Waals surface area contributed by atoms with E-state index in [9.17, 15) is 0 Å². The van der Waals surface area contributed by atoms with Crippen molar-refractivity contribution in [3.05, 3.63) is 47.0 Å². The fourth-order valence-electron chi connectivity index (χ4n) is 3.91. The lowest BCUT2D eigenvalue weighted by atomic mass is 10.0. The Labute approximate surface area is 153 Å². The number of hydrogen-bond acceptors (Lipinski definition) is 6. The van der Waals surface area contributed by atoms with Crippen LogP contribution in [0.4, 0.5) is 0 Å². The molecule has 6 nitrogen and oxygen atoms in total. The van der Waals surface area contributed by atoms with Crippen molar-refractivity contribution in [3.8, 4) is 0 Å². The molecule has 0 aromatic rings. The summed E-state index contributed by atoms with van der Waals surface area (Å²) >= 11 is 0. The Bertz CT molecular complexity index is 714. The number of hydrogen-bond donors (Lipinski definition) is 0. The van der Waals surface area contributed by atoms with E-state index in [1.165, 1.54) is 11.1 Å². The molecule has 3 heterocycles. The van der Waals surface area contributed by atoms with Crippen LogP contribution in [0.25, 0.3) is 0 Å². The highest BCUT2D eigenvalue weighted by Crippen LogP contribution is 2.26. The fraction of sp³-hybridized carbons (Fsp3) is 0.500. The average Bonchev–Trinajstić information content (AvgIpc) is 2.73. The number of rotatable bonds is 0. The van der Waals surface area contributed by atoms with Crippen LogP contribution in [-0.4, -0.2) is 61.1 Å². The molecular weight excluding hydrogens is 328 g/mol. The van der Waals surface area contributed by atoms with Crippen LogP contribution in [0.5, 0.6) is 0 Å². The van der Waals surface area contributed by atoms with Crippen molar-refractivity contribution in [3.63, 3.8) is 0 Å². The van der Waals surface area contributed by atoms with Gasteiger partial charge in [0.25, 0.3) is 12.0 Å². The van der Waals surface area contributed by atoms with E-state index in [1.807, 2.05) is 0 Å². The van der Waals surface area contributed by atoms with Crippen molar-refractivity contribution >= 4 is 12.0 Å². The van der Waals surface area contributed by atoms with Gasteiger partial charge in [-0.3, -0.25) is 0 Å². The van der Waals surface area contributed by atoms with Crippen LogP contribution in [-0.2, 0) is 9.47 Å². The first kappa shape index (κ1) is 15.7. The van der Waals surface area contributed by atoms with E-state index in [4.69, 9.17) is 9.47 Å². The molecule has 6 heteroatoms. The second-order valence-electron chi connectivity index (χ2n) is 7.19. The first-order chi connectivity index (χ1) is 12.9. The minimum absolute atomic E-state index is 0.765. The predicted molar refractivity (Wildman–Crippen MR) is 101 cm³/mol. The van der Waals surface area contributed by atoms with Crippen molar-refractivity contribution in [2.45, 2.75) is 25.7 Å². The lowest BCUT2D eigenvalue weighted by Crippen LogP contribution is -2.52. The van der Waals surface area contributed by atoms with E-state index < -0.39 is 0 Å². The third-order valence-corrected chi connectivity index (χ3v) is 5.49. The average molecular weight is 352 g/mol. The van der Waals surface area contributed by atoms with Crippen molar-refractivity contribution in [1.29, 1.82) is 0 Å². The molecule has 3 aliphatic heterocycles. The summed E-state index contributed by atoms with van der Waals surface area (Å²) in [4.78, 5) is 13.8. The van der Waals surface area contributed by atoms with Gasteiger partial charge in [0.2, 0.25) is 0 Å². The van der Waals surface area contributed by atoms with Gasteiger partial charge in [0, 0.05) is 26.2 Å². The highest BCUT2D eigenvalue weighted by atomic mass is 16.5. The van der Waals surface area contributed by atoms with Gasteiger partial charge < -0.3 is 19.3 Å². The quantitative estimate of drug-likeness (QED) is 0.672. The van der Waals surface area contributed by atoms with Gasteiger partial charge in [-0.2, -0.15) is 0 Å². The maximum Gasteiger partial charge on any atom is 0.293 e. The Morgan fingerprint density at radius 2 is 1.15 bits per heavy atom.